The van der Waals surface area contributed by atoms with Gasteiger partial charge in [-0.15, -0.1) is 0 Å². The fourth-order valence-electron chi connectivity index (χ4n) is 3.38. The van der Waals surface area contributed by atoms with Crippen LogP contribution in [0.15, 0.2) is 52.3 Å². The molecule has 174 valence electrons. The van der Waals surface area contributed by atoms with Gasteiger partial charge in [0.2, 0.25) is 20.0 Å². The number of carbonyl (C=O) groups excluding carboxylic acids is 1. The van der Waals surface area contributed by atoms with E-state index in [2.05, 4.69) is 10.0 Å². The van der Waals surface area contributed by atoms with Crippen molar-refractivity contribution < 1.29 is 26.4 Å². The van der Waals surface area contributed by atoms with Crippen LogP contribution in [0, 0.1) is 0 Å². The number of amides is 1. The molecule has 2 aromatic carbocycles. The highest BCUT2D eigenvalue weighted by molar-refractivity contribution is 7.89. The maximum absolute atomic E-state index is 12.7. The summed E-state index contributed by atoms with van der Waals surface area (Å²) in [4.78, 5) is 12.9. The lowest BCUT2D eigenvalue weighted by Crippen LogP contribution is -2.30. The molecule has 0 spiro atoms. The summed E-state index contributed by atoms with van der Waals surface area (Å²) >= 11 is 0. The van der Waals surface area contributed by atoms with Crippen LogP contribution in [0.5, 0.6) is 5.75 Å². The Morgan fingerprint density at radius 1 is 0.969 bits per heavy atom. The maximum atomic E-state index is 12.7. The van der Waals surface area contributed by atoms with Crippen LogP contribution in [0.3, 0.4) is 0 Å². The van der Waals surface area contributed by atoms with Gasteiger partial charge in [-0.05, 0) is 69.2 Å². The van der Waals surface area contributed by atoms with Crippen molar-refractivity contribution in [1.82, 2.24) is 9.03 Å². The quantitative estimate of drug-likeness (QED) is 0.597. The molecule has 32 heavy (non-hydrogen) atoms. The van der Waals surface area contributed by atoms with Gasteiger partial charge in [0.1, 0.15) is 5.75 Å². The van der Waals surface area contributed by atoms with E-state index < -0.39 is 26.0 Å². The molecule has 0 radical (unpaired) electrons. The lowest BCUT2D eigenvalue weighted by Gasteiger charge is -2.16. The van der Waals surface area contributed by atoms with Crippen molar-refractivity contribution in [2.24, 2.45) is 0 Å². The average molecular weight is 482 g/mol. The predicted molar refractivity (Wildman–Crippen MR) is 121 cm³/mol. The standard InChI is InChI=1S/C21H27N3O6S2/c1-15(2)23-31(26,27)18-10-11-20(30-3)19(14-18)22-21(25)16-6-8-17(9-7-16)32(28,29)24-12-4-5-13-24/h6-11,14-15,23H,4-5,12-13H2,1-3H3,(H,22,25). The molecule has 2 aromatic rings. The van der Waals surface area contributed by atoms with Crippen LogP contribution in [0.2, 0.25) is 0 Å². The topological polar surface area (TPSA) is 122 Å². The molecule has 1 amide bonds. The number of ether oxygens (including phenoxy) is 1. The van der Waals surface area contributed by atoms with Crippen LogP contribution in [0.4, 0.5) is 5.69 Å². The van der Waals surface area contributed by atoms with Crippen molar-refractivity contribution in [2.75, 3.05) is 25.5 Å². The third-order valence-corrected chi connectivity index (χ3v) is 8.51. The number of sulfonamides is 2. The molecule has 1 heterocycles. The first-order valence-corrected chi connectivity index (χ1v) is 13.1. The summed E-state index contributed by atoms with van der Waals surface area (Å²) in [6, 6.07) is 9.49. The zero-order valence-corrected chi connectivity index (χ0v) is 19.8. The van der Waals surface area contributed by atoms with Crippen molar-refractivity contribution in [3.63, 3.8) is 0 Å². The van der Waals surface area contributed by atoms with Gasteiger partial charge in [0.15, 0.2) is 0 Å². The number of hydrogen-bond acceptors (Lipinski definition) is 6. The number of hydrogen-bond donors (Lipinski definition) is 2. The molecule has 0 atom stereocenters. The SMILES string of the molecule is COc1ccc(S(=O)(=O)NC(C)C)cc1NC(=O)c1ccc(S(=O)(=O)N2CCCC2)cc1. The Hall–Kier alpha value is -2.47. The van der Waals surface area contributed by atoms with Gasteiger partial charge in [-0.25, -0.2) is 21.6 Å². The largest absolute Gasteiger partial charge is 0.495 e. The second kappa shape index (κ2) is 9.57. The maximum Gasteiger partial charge on any atom is 0.255 e. The first-order chi connectivity index (χ1) is 15.0. The van der Waals surface area contributed by atoms with E-state index in [0.29, 0.717) is 13.1 Å². The zero-order valence-electron chi connectivity index (χ0n) is 18.2. The minimum atomic E-state index is -3.77. The third-order valence-electron chi connectivity index (χ3n) is 4.94. The second-order valence-corrected chi connectivity index (χ2v) is 11.4. The molecule has 9 nitrogen and oxygen atoms in total. The predicted octanol–water partition coefficient (Wildman–Crippen LogP) is 2.42. The summed E-state index contributed by atoms with van der Waals surface area (Å²) in [5.74, 6) is -0.241. The zero-order chi connectivity index (χ0) is 23.5. The summed E-state index contributed by atoms with van der Waals surface area (Å²) in [6.07, 6.45) is 1.67. The molecule has 0 bridgehead atoms. The lowest BCUT2D eigenvalue weighted by molar-refractivity contribution is 0.102. The van der Waals surface area contributed by atoms with E-state index in [1.54, 1.807) is 13.8 Å². The Bertz CT molecular complexity index is 1190. The molecule has 0 unspecified atom stereocenters. The van der Waals surface area contributed by atoms with Gasteiger partial charge in [0.25, 0.3) is 5.91 Å². The number of nitrogens with zero attached hydrogens (tertiary/aromatic N) is 1. The van der Waals surface area contributed by atoms with Crippen LogP contribution in [-0.2, 0) is 20.0 Å². The van der Waals surface area contributed by atoms with Crippen LogP contribution < -0.4 is 14.8 Å². The van der Waals surface area contributed by atoms with E-state index in [4.69, 9.17) is 4.74 Å². The van der Waals surface area contributed by atoms with Gasteiger partial charge in [-0.3, -0.25) is 4.79 Å². The number of benzene rings is 2. The first kappa shape index (κ1) is 24.2. The fourth-order valence-corrected chi connectivity index (χ4v) is 6.17. The molecule has 11 heteroatoms. The molecule has 1 fully saturated rings. The summed E-state index contributed by atoms with van der Waals surface area (Å²) in [6.45, 7) is 4.40. The molecule has 2 N–H and O–H groups in total. The Labute approximate surface area is 188 Å². The first-order valence-electron chi connectivity index (χ1n) is 10.2. The monoisotopic (exact) mass is 481 g/mol. The minimum absolute atomic E-state index is 0.0191. The van der Waals surface area contributed by atoms with Crippen molar-refractivity contribution >= 4 is 31.6 Å². The van der Waals surface area contributed by atoms with E-state index in [-0.39, 0.29) is 32.8 Å². The summed E-state index contributed by atoms with van der Waals surface area (Å²) in [5.41, 5.74) is 0.402. The van der Waals surface area contributed by atoms with E-state index >= 15 is 0 Å². The molecule has 3 rings (SSSR count). The Kier molecular flexibility index (Phi) is 7.23. The van der Waals surface area contributed by atoms with Gasteiger partial charge in [0.05, 0.1) is 22.6 Å². The van der Waals surface area contributed by atoms with E-state index in [1.807, 2.05) is 0 Å². The Balaban J connectivity index is 1.83. The molecule has 1 aliphatic heterocycles. The van der Waals surface area contributed by atoms with Gasteiger partial charge >= 0.3 is 0 Å². The number of anilines is 1. The Morgan fingerprint density at radius 3 is 2.12 bits per heavy atom. The van der Waals surface area contributed by atoms with Crippen molar-refractivity contribution in [3.05, 3.63) is 48.0 Å². The Morgan fingerprint density at radius 2 is 1.56 bits per heavy atom. The highest BCUT2D eigenvalue weighted by atomic mass is 32.2. The van der Waals surface area contributed by atoms with Crippen molar-refractivity contribution in [2.45, 2.75) is 42.5 Å². The normalized spacial score (nSPS) is 15.1. The molecule has 1 aliphatic rings. The average Bonchev–Trinajstić information content (AvgIpc) is 3.29. The smallest absolute Gasteiger partial charge is 0.255 e. The van der Waals surface area contributed by atoms with Gasteiger partial charge < -0.3 is 10.1 Å². The van der Waals surface area contributed by atoms with Gasteiger partial charge in [-0.1, -0.05) is 0 Å². The number of rotatable bonds is 8. The molecule has 0 saturated carbocycles. The summed E-state index contributed by atoms with van der Waals surface area (Å²) in [5, 5.41) is 2.64. The molecular formula is C21H27N3O6S2. The molecular weight excluding hydrogens is 454 g/mol. The van der Waals surface area contributed by atoms with Gasteiger partial charge in [-0.2, -0.15) is 4.31 Å². The highest BCUT2D eigenvalue weighted by Crippen LogP contribution is 2.28. The molecule has 1 saturated heterocycles. The van der Waals surface area contributed by atoms with Crippen LogP contribution in [-0.4, -0.2) is 53.3 Å². The third kappa shape index (κ3) is 5.29. The van der Waals surface area contributed by atoms with E-state index in [1.165, 1.54) is 53.9 Å². The molecule has 0 aromatic heterocycles. The number of carbonyl (C=O) groups is 1. The van der Waals surface area contributed by atoms with Crippen LogP contribution in [0.25, 0.3) is 0 Å². The lowest BCUT2D eigenvalue weighted by atomic mass is 10.2. The number of nitrogens with one attached hydrogen (secondary N) is 2. The van der Waals surface area contributed by atoms with Crippen molar-refractivity contribution in [1.29, 1.82) is 0 Å². The van der Waals surface area contributed by atoms with Gasteiger partial charge in [0, 0.05) is 24.7 Å². The second-order valence-electron chi connectivity index (χ2n) is 7.73. The van der Waals surface area contributed by atoms with Crippen molar-refractivity contribution in [3.8, 4) is 5.75 Å². The van der Waals surface area contributed by atoms with Crippen LogP contribution >= 0.6 is 0 Å². The number of methoxy groups -OCH3 is 1. The summed E-state index contributed by atoms with van der Waals surface area (Å²) < 4.78 is 59.4. The minimum Gasteiger partial charge on any atom is -0.495 e. The molecule has 0 aliphatic carbocycles. The fraction of sp³-hybridized carbons (Fsp3) is 0.381. The highest BCUT2D eigenvalue weighted by Gasteiger charge is 2.27. The van der Waals surface area contributed by atoms with Crippen LogP contribution in [0.1, 0.15) is 37.0 Å². The van der Waals surface area contributed by atoms with E-state index in [9.17, 15) is 21.6 Å². The summed E-state index contributed by atoms with van der Waals surface area (Å²) in [7, 11) is -5.93. The van der Waals surface area contributed by atoms with E-state index in [0.717, 1.165) is 12.8 Å².